The summed E-state index contributed by atoms with van der Waals surface area (Å²) in [5, 5.41) is 11.0. The molecule has 6 heteroatoms. The topological polar surface area (TPSA) is 49.3 Å². The van der Waals surface area contributed by atoms with Gasteiger partial charge in [-0.3, -0.25) is 4.79 Å². The Morgan fingerprint density at radius 2 is 2.19 bits per heavy atom. The van der Waals surface area contributed by atoms with Crippen molar-refractivity contribution in [1.82, 2.24) is 5.32 Å². The lowest BCUT2D eigenvalue weighted by Gasteiger charge is -2.12. The number of carbonyl (C=O) groups excluding carboxylic acids is 1. The highest BCUT2D eigenvalue weighted by Gasteiger charge is 2.20. The maximum atomic E-state index is 13.5. The number of hydrogen-bond donors (Lipinski definition) is 2. The molecule has 0 heterocycles. The van der Waals surface area contributed by atoms with Crippen LogP contribution in [-0.4, -0.2) is 23.7 Å². The average Bonchev–Trinajstić information content (AvgIpc) is 2.24. The number of rotatable bonds is 3. The minimum atomic E-state index is -0.956. The van der Waals surface area contributed by atoms with E-state index in [0.717, 1.165) is 6.07 Å². The molecule has 0 aliphatic carbocycles. The number of nitrogens with one attached hydrogen (secondary N) is 1. The van der Waals surface area contributed by atoms with E-state index in [-0.39, 0.29) is 11.1 Å². The van der Waals surface area contributed by atoms with E-state index in [0.29, 0.717) is 0 Å². The Morgan fingerprint density at radius 3 is 2.75 bits per heavy atom. The number of halogens is 3. The van der Waals surface area contributed by atoms with Gasteiger partial charge in [-0.1, -0.05) is 0 Å². The van der Waals surface area contributed by atoms with Crippen LogP contribution in [0.3, 0.4) is 0 Å². The quantitative estimate of drug-likeness (QED) is 0.836. The van der Waals surface area contributed by atoms with Gasteiger partial charge in [0.15, 0.2) is 5.82 Å². The maximum absolute atomic E-state index is 13.5. The summed E-state index contributed by atoms with van der Waals surface area (Å²) in [6.45, 7) is 1.22. The van der Waals surface area contributed by atoms with Crippen molar-refractivity contribution < 1.29 is 18.7 Å². The number of aliphatic hydroxyl groups is 1. The molecule has 16 heavy (non-hydrogen) atoms. The molecule has 0 aliphatic heterocycles. The van der Waals surface area contributed by atoms with Crippen LogP contribution >= 0.6 is 15.9 Å². The molecule has 3 nitrogen and oxygen atoms in total. The first-order chi connectivity index (χ1) is 7.47. The van der Waals surface area contributed by atoms with Crippen molar-refractivity contribution in [2.75, 3.05) is 6.61 Å². The second-order valence-electron chi connectivity index (χ2n) is 3.28. The fourth-order valence-corrected chi connectivity index (χ4v) is 1.41. The molecule has 88 valence electrons. The Labute approximate surface area is 99.6 Å². The highest BCUT2D eigenvalue weighted by atomic mass is 79.9. The first-order valence-electron chi connectivity index (χ1n) is 4.52. The predicted octanol–water partition coefficient (Wildman–Crippen LogP) is 1.84. The first-order valence-corrected chi connectivity index (χ1v) is 5.32. The average molecular weight is 294 g/mol. The van der Waals surface area contributed by atoms with Gasteiger partial charge in [0.2, 0.25) is 0 Å². The van der Waals surface area contributed by atoms with Crippen LogP contribution in [0, 0.1) is 11.6 Å². The molecular weight excluding hydrogens is 284 g/mol. The van der Waals surface area contributed by atoms with Gasteiger partial charge in [0.25, 0.3) is 5.91 Å². The number of carbonyl (C=O) groups is 1. The van der Waals surface area contributed by atoms with Gasteiger partial charge in [0.05, 0.1) is 11.1 Å². The van der Waals surface area contributed by atoms with Crippen LogP contribution in [0.1, 0.15) is 17.3 Å². The molecule has 1 atom stereocenters. The SMILES string of the molecule is C[C@H](CO)NC(=O)c1c(F)ccc(Br)c1F. The van der Waals surface area contributed by atoms with E-state index >= 15 is 0 Å². The van der Waals surface area contributed by atoms with Gasteiger partial charge in [-0.2, -0.15) is 0 Å². The summed E-state index contributed by atoms with van der Waals surface area (Å²) in [4.78, 5) is 11.5. The molecule has 0 fully saturated rings. The first kappa shape index (κ1) is 13.1. The Balaban J connectivity index is 3.03. The minimum absolute atomic E-state index is 0.00991. The number of hydrogen-bond acceptors (Lipinski definition) is 2. The van der Waals surface area contributed by atoms with Crippen molar-refractivity contribution >= 4 is 21.8 Å². The highest BCUT2D eigenvalue weighted by molar-refractivity contribution is 9.10. The van der Waals surface area contributed by atoms with E-state index in [4.69, 9.17) is 5.11 Å². The molecule has 2 N–H and O–H groups in total. The summed E-state index contributed by atoms with van der Waals surface area (Å²) in [5.74, 6) is -2.79. The Bertz CT molecular complexity index is 412. The molecule has 0 bridgehead atoms. The monoisotopic (exact) mass is 293 g/mol. The van der Waals surface area contributed by atoms with Crippen LogP contribution in [0.25, 0.3) is 0 Å². The third-order valence-electron chi connectivity index (χ3n) is 1.92. The number of benzene rings is 1. The van der Waals surface area contributed by atoms with E-state index in [9.17, 15) is 13.6 Å². The van der Waals surface area contributed by atoms with Crippen molar-refractivity contribution in [2.24, 2.45) is 0 Å². The molecule has 0 spiro atoms. The van der Waals surface area contributed by atoms with E-state index in [1.807, 2.05) is 0 Å². The minimum Gasteiger partial charge on any atom is -0.394 e. The molecule has 1 amide bonds. The van der Waals surface area contributed by atoms with Gasteiger partial charge >= 0.3 is 0 Å². The van der Waals surface area contributed by atoms with E-state index in [2.05, 4.69) is 21.2 Å². The smallest absolute Gasteiger partial charge is 0.257 e. The maximum Gasteiger partial charge on any atom is 0.257 e. The summed E-state index contributed by atoms with van der Waals surface area (Å²) < 4.78 is 26.7. The third-order valence-corrected chi connectivity index (χ3v) is 2.53. The highest BCUT2D eigenvalue weighted by Crippen LogP contribution is 2.21. The predicted molar refractivity (Wildman–Crippen MR) is 58.1 cm³/mol. The Kier molecular flexibility index (Phi) is 4.37. The van der Waals surface area contributed by atoms with Crippen LogP contribution in [0.15, 0.2) is 16.6 Å². The fraction of sp³-hybridized carbons (Fsp3) is 0.300. The molecule has 0 aromatic heterocycles. The lowest BCUT2D eigenvalue weighted by molar-refractivity contribution is 0.0913. The summed E-state index contributed by atoms with van der Waals surface area (Å²) in [5.41, 5.74) is -0.658. The second kappa shape index (κ2) is 5.36. The largest absolute Gasteiger partial charge is 0.394 e. The Hall–Kier alpha value is -1.01. The molecule has 1 aromatic rings. The van der Waals surface area contributed by atoms with Gasteiger partial charge < -0.3 is 10.4 Å². The van der Waals surface area contributed by atoms with Crippen LogP contribution in [0.4, 0.5) is 8.78 Å². The van der Waals surface area contributed by atoms with Gasteiger partial charge in [0.1, 0.15) is 11.4 Å². The molecular formula is C10H10BrF2NO2. The van der Waals surface area contributed by atoms with Gasteiger partial charge in [-0.05, 0) is 35.0 Å². The van der Waals surface area contributed by atoms with Crippen molar-refractivity contribution in [2.45, 2.75) is 13.0 Å². The zero-order chi connectivity index (χ0) is 12.3. The van der Waals surface area contributed by atoms with Gasteiger partial charge in [-0.25, -0.2) is 8.78 Å². The van der Waals surface area contributed by atoms with E-state index < -0.39 is 29.1 Å². The van der Waals surface area contributed by atoms with Crippen molar-refractivity contribution in [3.8, 4) is 0 Å². The molecule has 0 unspecified atom stereocenters. The summed E-state index contributed by atoms with van der Waals surface area (Å²) in [6, 6.07) is 1.60. The van der Waals surface area contributed by atoms with Crippen molar-refractivity contribution in [3.05, 3.63) is 33.8 Å². The zero-order valence-electron chi connectivity index (χ0n) is 8.43. The van der Waals surface area contributed by atoms with Crippen LogP contribution in [0.5, 0.6) is 0 Å². The molecule has 1 aromatic carbocycles. The summed E-state index contributed by atoms with van der Waals surface area (Å²) in [7, 11) is 0. The lowest BCUT2D eigenvalue weighted by atomic mass is 10.1. The standard InChI is InChI=1S/C10H10BrF2NO2/c1-5(4-15)14-10(16)8-7(12)3-2-6(11)9(8)13/h2-3,5,15H,4H2,1H3,(H,14,16)/t5-/m1/s1. The molecule has 1 rings (SSSR count). The van der Waals surface area contributed by atoms with Crippen LogP contribution in [0.2, 0.25) is 0 Å². The Morgan fingerprint density at radius 1 is 1.56 bits per heavy atom. The van der Waals surface area contributed by atoms with Crippen molar-refractivity contribution in [3.63, 3.8) is 0 Å². The number of amides is 1. The fourth-order valence-electron chi connectivity index (χ4n) is 1.08. The van der Waals surface area contributed by atoms with Crippen molar-refractivity contribution in [1.29, 1.82) is 0 Å². The van der Waals surface area contributed by atoms with Crippen LogP contribution in [-0.2, 0) is 0 Å². The van der Waals surface area contributed by atoms with Gasteiger partial charge in [0, 0.05) is 6.04 Å². The van der Waals surface area contributed by atoms with Crippen LogP contribution < -0.4 is 5.32 Å². The summed E-state index contributed by atoms with van der Waals surface area (Å²) in [6.07, 6.45) is 0. The molecule has 0 saturated heterocycles. The molecule has 0 aliphatic rings. The normalized spacial score (nSPS) is 12.3. The third kappa shape index (κ3) is 2.76. The van der Waals surface area contributed by atoms with E-state index in [1.165, 1.54) is 13.0 Å². The van der Waals surface area contributed by atoms with Gasteiger partial charge in [-0.15, -0.1) is 0 Å². The lowest BCUT2D eigenvalue weighted by Crippen LogP contribution is -2.36. The molecule has 0 saturated carbocycles. The summed E-state index contributed by atoms with van der Waals surface area (Å²) >= 11 is 2.86. The van der Waals surface area contributed by atoms with E-state index in [1.54, 1.807) is 0 Å². The zero-order valence-corrected chi connectivity index (χ0v) is 10.0. The number of aliphatic hydroxyl groups excluding tert-OH is 1. The molecule has 0 radical (unpaired) electrons. The second-order valence-corrected chi connectivity index (χ2v) is 4.13.